The quantitative estimate of drug-likeness (QED) is 0.366. The third-order valence-corrected chi connectivity index (χ3v) is 7.97. The number of Topliss-reactive ketones (excluding diaryl/α,β-unsaturated/α-hetero) is 1. The standard InChI is InChI=1S/C29H32N6O4/c1-18-22-8-9-25-23-14-19(7-10-26(23)35(31-25)27-6-3-4-11-37-27)24-17-30-33(2)29(24)39-13-5-12-38-28(22)32-34(18)20-15-21(36)16-20/h7-10,14,17,20,27H,3-6,11-13,15-16H2,1-2H3/b9-8-. The number of rotatable bonds is 2. The highest BCUT2D eigenvalue weighted by molar-refractivity contribution is 5.93. The number of benzene rings is 1. The molecule has 1 saturated carbocycles. The van der Waals surface area contributed by atoms with Crippen molar-refractivity contribution < 1.29 is 19.0 Å². The summed E-state index contributed by atoms with van der Waals surface area (Å²) >= 11 is 0. The normalized spacial score (nSPS) is 20.9. The van der Waals surface area contributed by atoms with Crippen LogP contribution < -0.4 is 9.47 Å². The Labute approximate surface area is 226 Å². The number of hydrogen-bond donors (Lipinski definition) is 0. The minimum Gasteiger partial charge on any atom is -0.477 e. The second-order valence-corrected chi connectivity index (χ2v) is 10.6. The molecule has 2 fully saturated rings. The second-order valence-electron chi connectivity index (χ2n) is 10.6. The van der Waals surface area contributed by atoms with Crippen molar-refractivity contribution in [2.24, 2.45) is 7.05 Å². The molecule has 2 bridgehead atoms. The van der Waals surface area contributed by atoms with Gasteiger partial charge in [-0.2, -0.15) is 10.2 Å². The number of ether oxygens (including phenoxy) is 3. The topological polar surface area (TPSA) is 98.2 Å². The molecule has 5 heterocycles. The Kier molecular flexibility index (Phi) is 5.99. The fourth-order valence-corrected chi connectivity index (χ4v) is 5.74. The van der Waals surface area contributed by atoms with Crippen molar-refractivity contribution in [3.05, 3.63) is 41.3 Å². The van der Waals surface area contributed by atoms with Gasteiger partial charge in [0.05, 0.1) is 47.8 Å². The Morgan fingerprint density at radius 2 is 1.85 bits per heavy atom. The van der Waals surface area contributed by atoms with Crippen molar-refractivity contribution in [3.63, 3.8) is 0 Å². The van der Waals surface area contributed by atoms with Crippen LogP contribution in [0.4, 0.5) is 0 Å². The maximum Gasteiger partial charge on any atom is 0.240 e. The van der Waals surface area contributed by atoms with E-state index in [0.717, 1.165) is 70.7 Å². The molecule has 3 aliphatic rings. The van der Waals surface area contributed by atoms with Crippen molar-refractivity contribution in [2.45, 2.75) is 57.7 Å². The molecule has 2 aliphatic heterocycles. The molecule has 39 heavy (non-hydrogen) atoms. The molecular weight excluding hydrogens is 496 g/mol. The van der Waals surface area contributed by atoms with Crippen LogP contribution in [0.15, 0.2) is 24.4 Å². The maximum atomic E-state index is 11.7. The summed E-state index contributed by atoms with van der Waals surface area (Å²) in [6.07, 6.45) is 10.7. The van der Waals surface area contributed by atoms with Crippen LogP contribution in [0.2, 0.25) is 0 Å². The van der Waals surface area contributed by atoms with Crippen LogP contribution in [-0.2, 0) is 16.6 Å². The summed E-state index contributed by atoms with van der Waals surface area (Å²) in [7, 11) is 1.89. The number of fused-ring (bicyclic) bond motifs is 4. The van der Waals surface area contributed by atoms with E-state index in [0.29, 0.717) is 38.4 Å². The predicted molar refractivity (Wildman–Crippen MR) is 146 cm³/mol. The third kappa shape index (κ3) is 4.23. The van der Waals surface area contributed by atoms with Crippen molar-refractivity contribution >= 4 is 28.8 Å². The lowest BCUT2D eigenvalue weighted by molar-refractivity contribution is -0.126. The first kappa shape index (κ1) is 24.1. The van der Waals surface area contributed by atoms with Crippen LogP contribution in [0.5, 0.6) is 11.8 Å². The fourth-order valence-electron chi connectivity index (χ4n) is 5.74. The van der Waals surface area contributed by atoms with E-state index in [1.54, 1.807) is 4.68 Å². The van der Waals surface area contributed by atoms with Crippen LogP contribution in [-0.4, -0.2) is 54.9 Å². The average Bonchev–Trinajstić information content (AvgIpc) is 3.58. The first-order chi connectivity index (χ1) is 19.1. The number of ketones is 1. The molecule has 1 unspecified atom stereocenters. The van der Waals surface area contributed by atoms with Gasteiger partial charge in [-0.3, -0.25) is 9.48 Å². The minimum atomic E-state index is -0.0864. The molecule has 1 atom stereocenters. The summed E-state index contributed by atoms with van der Waals surface area (Å²) in [6.45, 7) is 3.72. The van der Waals surface area contributed by atoms with E-state index >= 15 is 0 Å². The second kappa shape index (κ2) is 9.68. The minimum absolute atomic E-state index is 0.0864. The number of carbonyl (C=O) groups is 1. The molecule has 10 nitrogen and oxygen atoms in total. The Morgan fingerprint density at radius 3 is 2.67 bits per heavy atom. The molecule has 0 amide bonds. The Balaban J connectivity index is 1.37. The van der Waals surface area contributed by atoms with Gasteiger partial charge in [0.25, 0.3) is 0 Å². The fraction of sp³-hybridized carbons (Fsp3) is 0.448. The van der Waals surface area contributed by atoms with E-state index in [1.165, 1.54) is 0 Å². The molecule has 10 heteroatoms. The highest BCUT2D eigenvalue weighted by atomic mass is 16.5. The van der Waals surface area contributed by atoms with Gasteiger partial charge in [0.2, 0.25) is 11.8 Å². The van der Waals surface area contributed by atoms with Gasteiger partial charge >= 0.3 is 0 Å². The van der Waals surface area contributed by atoms with Crippen molar-refractivity contribution in [3.8, 4) is 22.9 Å². The summed E-state index contributed by atoms with van der Waals surface area (Å²) in [5.74, 6) is 1.56. The summed E-state index contributed by atoms with van der Waals surface area (Å²) in [5.41, 5.74) is 5.73. The summed E-state index contributed by atoms with van der Waals surface area (Å²) in [6, 6.07) is 6.48. The smallest absolute Gasteiger partial charge is 0.240 e. The lowest BCUT2D eigenvalue weighted by atomic mass is 9.91. The maximum absolute atomic E-state index is 11.7. The van der Waals surface area contributed by atoms with Gasteiger partial charge in [-0.15, -0.1) is 5.10 Å². The van der Waals surface area contributed by atoms with E-state index in [-0.39, 0.29) is 18.1 Å². The SMILES string of the molecule is Cc1c2c(nn1C1CC(=O)C1)OCCCOc1c(cnn1C)-c1ccc3c(c1)c(nn3C1CCCCO1)/C=C\2. The monoisotopic (exact) mass is 528 g/mol. The van der Waals surface area contributed by atoms with Gasteiger partial charge in [0, 0.05) is 44.0 Å². The average molecular weight is 529 g/mol. The lowest BCUT2D eigenvalue weighted by Gasteiger charge is -2.25. The molecule has 4 aromatic rings. The third-order valence-electron chi connectivity index (χ3n) is 7.97. The van der Waals surface area contributed by atoms with Crippen molar-refractivity contribution in [1.82, 2.24) is 29.3 Å². The lowest BCUT2D eigenvalue weighted by Crippen LogP contribution is -2.28. The zero-order valence-corrected chi connectivity index (χ0v) is 22.3. The summed E-state index contributed by atoms with van der Waals surface area (Å²) < 4.78 is 24.2. The molecule has 1 saturated heterocycles. The number of carbonyl (C=O) groups excluding carboxylic acids is 1. The van der Waals surface area contributed by atoms with Crippen LogP contribution in [0.25, 0.3) is 34.2 Å². The molecule has 0 N–H and O–H groups in total. The van der Waals surface area contributed by atoms with Gasteiger partial charge < -0.3 is 14.2 Å². The van der Waals surface area contributed by atoms with Gasteiger partial charge in [-0.1, -0.05) is 6.07 Å². The van der Waals surface area contributed by atoms with Crippen LogP contribution in [0.1, 0.15) is 67.7 Å². The van der Waals surface area contributed by atoms with E-state index in [2.05, 4.69) is 23.3 Å². The van der Waals surface area contributed by atoms with Gasteiger partial charge in [-0.25, -0.2) is 9.36 Å². The van der Waals surface area contributed by atoms with Gasteiger partial charge in [0.15, 0.2) is 6.23 Å². The van der Waals surface area contributed by atoms with E-state index in [4.69, 9.17) is 24.4 Å². The first-order valence-electron chi connectivity index (χ1n) is 13.8. The first-order valence-corrected chi connectivity index (χ1v) is 13.8. The molecule has 7 rings (SSSR count). The molecule has 3 aromatic heterocycles. The Bertz CT molecular complexity index is 1580. The Hall–Kier alpha value is -3.92. The Morgan fingerprint density at radius 1 is 0.974 bits per heavy atom. The van der Waals surface area contributed by atoms with E-state index in [1.807, 2.05) is 41.7 Å². The molecule has 1 aliphatic carbocycles. The summed E-state index contributed by atoms with van der Waals surface area (Å²) in [4.78, 5) is 11.7. The number of aryl methyl sites for hydroxylation is 1. The predicted octanol–water partition coefficient (Wildman–Crippen LogP) is 4.88. The molecule has 0 spiro atoms. The van der Waals surface area contributed by atoms with Crippen LogP contribution in [0, 0.1) is 6.92 Å². The van der Waals surface area contributed by atoms with E-state index in [9.17, 15) is 4.79 Å². The van der Waals surface area contributed by atoms with Crippen molar-refractivity contribution in [2.75, 3.05) is 19.8 Å². The molecule has 0 radical (unpaired) electrons. The largest absolute Gasteiger partial charge is 0.477 e. The zero-order chi connectivity index (χ0) is 26.5. The van der Waals surface area contributed by atoms with Gasteiger partial charge in [-0.05, 0) is 56.0 Å². The molecule has 1 aromatic carbocycles. The number of nitrogens with zero attached hydrogens (tertiary/aromatic N) is 6. The molecular formula is C29H32N6O4. The highest BCUT2D eigenvalue weighted by Gasteiger charge is 2.31. The van der Waals surface area contributed by atoms with Crippen LogP contribution >= 0.6 is 0 Å². The van der Waals surface area contributed by atoms with Gasteiger partial charge in [0.1, 0.15) is 5.78 Å². The summed E-state index contributed by atoms with van der Waals surface area (Å²) in [5, 5.41) is 15.3. The van der Waals surface area contributed by atoms with E-state index < -0.39 is 0 Å². The molecule has 202 valence electrons. The zero-order valence-electron chi connectivity index (χ0n) is 22.3. The highest BCUT2D eigenvalue weighted by Crippen LogP contribution is 2.37. The number of hydrogen-bond acceptors (Lipinski definition) is 7. The number of aromatic nitrogens is 6. The van der Waals surface area contributed by atoms with Crippen molar-refractivity contribution in [1.29, 1.82) is 0 Å². The van der Waals surface area contributed by atoms with Crippen LogP contribution in [0.3, 0.4) is 0 Å².